The molecule has 0 spiro atoms. The van der Waals surface area contributed by atoms with Crippen molar-refractivity contribution in [1.29, 1.82) is 0 Å². The van der Waals surface area contributed by atoms with Crippen molar-refractivity contribution < 1.29 is 4.79 Å². The van der Waals surface area contributed by atoms with Crippen LogP contribution in [0.2, 0.25) is 0 Å². The average Bonchev–Trinajstić information content (AvgIpc) is 2.36. The van der Waals surface area contributed by atoms with Crippen molar-refractivity contribution in [3.8, 4) is 0 Å². The third-order valence-electron chi connectivity index (χ3n) is 1.87. The zero-order valence-electron chi connectivity index (χ0n) is 5.17. The van der Waals surface area contributed by atoms with Crippen LogP contribution in [0.3, 0.4) is 0 Å². The highest BCUT2D eigenvalue weighted by molar-refractivity contribution is 5.64. The first-order valence-electron chi connectivity index (χ1n) is 3.14. The fourth-order valence-electron chi connectivity index (χ4n) is 1.22. The number of hydrogen-bond acceptors (Lipinski definition) is 3. The molecule has 1 fully saturated rings. The summed E-state index contributed by atoms with van der Waals surface area (Å²) in [5, 5.41) is 2.82. The lowest BCUT2D eigenvalue weighted by atomic mass is 10.0. The monoisotopic (exact) mass is 127 g/mol. The predicted molar refractivity (Wildman–Crippen MR) is 33.1 cm³/mol. The van der Waals surface area contributed by atoms with Crippen LogP contribution in [-0.4, -0.2) is 11.8 Å². The van der Waals surface area contributed by atoms with Gasteiger partial charge < -0.3 is 4.79 Å². The number of nitroso groups, excluding NO2 is 1. The summed E-state index contributed by atoms with van der Waals surface area (Å²) in [6.07, 6.45) is 3.92. The fourth-order valence-corrected chi connectivity index (χ4v) is 1.22. The summed E-state index contributed by atoms with van der Waals surface area (Å²) < 4.78 is 0. The van der Waals surface area contributed by atoms with Crippen LogP contribution in [0.15, 0.2) is 5.18 Å². The molecule has 0 unspecified atom stereocenters. The Morgan fingerprint density at radius 1 is 1.33 bits per heavy atom. The second kappa shape index (κ2) is 2.25. The minimum absolute atomic E-state index is 0.653. The molecule has 0 bridgehead atoms. The molecule has 0 aromatic rings. The smallest absolute Gasteiger partial charge is 0.157 e. The second-order valence-electron chi connectivity index (χ2n) is 2.52. The zero-order valence-corrected chi connectivity index (χ0v) is 5.17. The molecular weight excluding hydrogens is 118 g/mol. The van der Waals surface area contributed by atoms with Gasteiger partial charge in [-0.1, -0.05) is 18.0 Å². The summed E-state index contributed by atoms with van der Waals surface area (Å²) in [5.41, 5.74) is -0.833. The van der Waals surface area contributed by atoms with Crippen LogP contribution < -0.4 is 0 Å². The molecule has 1 aliphatic carbocycles. The van der Waals surface area contributed by atoms with E-state index in [4.69, 9.17) is 0 Å². The molecule has 50 valence electrons. The van der Waals surface area contributed by atoms with E-state index in [0.29, 0.717) is 19.1 Å². The van der Waals surface area contributed by atoms with Crippen LogP contribution in [0.1, 0.15) is 25.7 Å². The Hall–Kier alpha value is -0.730. The van der Waals surface area contributed by atoms with Crippen LogP contribution in [0, 0.1) is 4.91 Å². The summed E-state index contributed by atoms with van der Waals surface area (Å²) in [4.78, 5) is 20.3. The van der Waals surface area contributed by atoms with Gasteiger partial charge in [0.1, 0.15) is 0 Å². The van der Waals surface area contributed by atoms with E-state index in [0.717, 1.165) is 12.8 Å². The molecule has 0 aliphatic heterocycles. The molecule has 0 radical (unpaired) electrons. The number of carbonyl (C=O) groups is 1. The maximum Gasteiger partial charge on any atom is 0.157 e. The lowest BCUT2D eigenvalue weighted by Gasteiger charge is -2.08. The summed E-state index contributed by atoms with van der Waals surface area (Å²) >= 11 is 0. The Balaban J connectivity index is 2.66. The number of aldehydes is 1. The molecule has 9 heavy (non-hydrogen) atoms. The Morgan fingerprint density at radius 2 is 1.89 bits per heavy atom. The molecule has 0 atom stereocenters. The molecule has 0 saturated heterocycles. The fraction of sp³-hybridized carbons (Fsp3) is 0.833. The van der Waals surface area contributed by atoms with E-state index in [-0.39, 0.29) is 0 Å². The van der Waals surface area contributed by atoms with Gasteiger partial charge in [-0.25, -0.2) is 0 Å². The molecular formula is C6H9NO2. The maximum atomic E-state index is 10.3. The average molecular weight is 127 g/mol. The van der Waals surface area contributed by atoms with Gasteiger partial charge in [-0.3, -0.25) is 0 Å². The SMILES string of the molecule is O=CC1(N=O)CCCC1. The van der Waals surface area contributed by atoms with Crippen molar-refractivity contribution in [3.63, 3.8) is 0 Å². The van der Waals surface area contributed by atoms with Gasteiger partial charge in [0.15, 0.2) is 11.8 Å². The Labute approximate surface area is 53.4 Å². The Morgan fingerprint density at radius 3 is 2.11 bits per heavy atom. The topological polar surface area (TPSA) is 46.5 Å². The van der Waals surface area contributed by atoms with Gasteiger partial charge in [0.2, 0.25) is 0 Å². The highest BCUT2D eigenvalue weighted by Gasteiger charge is 2.34. The number of rotatable bonds is 2. The molecule has 1 saturated carbocycles. The van der Waals surface area contributed by atoms with Crippen LogP contribution in [0.5, 0.6) is 0 Å². The van der Waals surface area contributed by atoms with Crippen LogP contribution >= 0.6 is 0 Å². The third-order valence-corrected chi connectivity index (χ3v) is 1.87. The van der Waals surface area contributed by atoms with E-state index in [1.165, 1.54) is 0 Å². The van der Waals surface area contributed by atoms with Gasteiger partial charge in [0.25, 0.3) is 0 Å². The molecule has 1 rings (SSSR count). The lowest BCUT2D eigenvalue weighted by molar-refractivity contribution is -0.112. The molecule has 3 heteroatoms. The normalized spacial score (nSPS) is 23.6. The van der Waals surface area contributed by atoms with Crippen molar-refractivity contribution >= 4 is 6.29 Å². The number of hydrogen-bond donors (Lipinski definition) is 0. The lowest BCUT2D eigenvalue weighted by Crippen LogP contribution is -2.22. The van der Waals surface area contributed by atoms with Gasteiger partial charge in [-0.15, -0.1) is 4.91 Å². The first-order chi connectivity index (χ1) is 4.33. The molecule has 0 heterocycles. The highest BCUT2D eigenvalue weighted by atomic mass is 16.3. The van der Waals surface area contributed by atoms with E-state index in [1.54, 1.807) is 0 Å². The first kappa shape index (κ1) is 6.39. The molecule has 0 amide bonds. The highest BCUT2D eigenvalue weighted by Crippen LogP contribution is 2.30. The second-order valence-corrected chi connectivity index (χ2v) is 2.52. The molecule has 0 aromatic carbocycles. The minimum Gasteiger partial charge on any atom is -0.301 e. The van der Waals surface area contributed by atoms with Crippen molar-refractivity contribution in [3.05, 3.63) is 4.91 Å². The van der Waals surface area contributed by atoms with Crippen molar-refractivity contribution in [2.75, 3.05) is 0 Å². The van der Waals surface area contributed by atoms with Gasteiger partial charge >= 0.3 is 0 Å². The standard InChI is InChI=1S/C6H9NO2/c8-5-6(7-9)3-1-2-4-6/h5H,1-4H2. The molecule has 0 N–H and O–H groups in total. The van der Waals surface area contributed by atoms with E-state index in [9.17, 15) is 9.70 Å². The molecule has 0 aromatic heterocycles. The van der Waals surface area contributed by atoms with E-state index in [1.807, 2.05) is 0 Å². The van der Waals surface area contributed by atoms with Crippen molar-refractivity contribution in [2.45, 2.75) is 31.2 Å². The largest absolute Gasteiger partial charge is 0.301 e. The van der Waals surface area contributed by atoms with Crippen LogP contribution in [0.25, 0.3) is 0 Å². The van der Waals surface area contributed by atoms with Crippen LogP contribution in [0.4, 0.5) is 0 Å². The van der Waals surface area contributed by atoms with Crippen LogP contribution in [-0.2, 0) is 4.79 Å². The maximum absolute atomic E-state index is 10.3. The first-order valence-corrected chi connectivity index (χ1v) is 3.14. The quantitative estimate of drug-likeness (QED) is 0.414. The summed E-state index contributed by atoms with van der Waals surface area (Å²) in [6.45, 7) is 0. The Kier molecular flexibility index (Phi) is 1.60. The van der Waals surface area contributed by atoms with Crippen molar-refractivity contribution in [1.82, 2.24) is 0 Å². The van der Waals surface area contributed by atoms with Crippen molar-refractivity contribution in [2.24, 2.45) is 5.18 Å². The van der Waals surface area contributed by atoms with Gasteiger partial charge in [0, 0.05) is 0 Å². The zero-order chi connectivity index (χ0) is 6.74. The van der Waals surface area contributed by atoms with Gasteiger partial charge in [0.05, 0.1) is 0 Å². The van der Waals surface area contributed by atoms with E-state index in [2.05, 4.69) is 5.18 Å². The summed E-state index contributed by atoms with van der Waals surface area (Å²) in [6, 6.07) is 0. The van der Waals surface area contributed by atoms with Gasteiger partial charge in [-0.2, -0.15) is 0 Å². The number of carbonyl (C=O) groups excluding carboxylic acids is 1. The summed E-state index contributed by atoms with van der Waals surface area (Å²) in [7, 11) is 0. The molecule has 1 aliphatic rings. The van der Waals surface area contributed by atoms with E-state index >= 15 is 0 Å². The minimum atomic E-state index is -0.833. The number of nitrogens with zero attached hydrogens (tertiary/aromatic N) is 1. The Bertz CT molecular complexity index is 117. The van der Waals surface area contributed by atoms with Gasteiger partial charge in [-0.05, 0) is 12.8 Å². The van der Waals surface area contributed by atoms with E-state index < -0.39 is 5.54 Å². The molecule has 3 nitrogen and oxygen atoms in total. The third kappa shape index (κ3) is 0.992. The summed E-state index contributed by atoms with van der Waals surface area (Å²) in [5.74, 6) is 0. The predicted octanol–water partition coefficient (Wildman–Crippen LogP) is 1.26.